The quantitative estimate of drug-likeness (QED) is 0.507. The molecule has 0 spiro atoms. The fraction of sp³-hybridized carbons (Fsp3) is 0.500. The van der Waals surface area contributed by atoms with Crippen molar-refractivity contribution in [3.8, 4) is 0 Å². The first-order valence-electron chi connectivity index (χ1n) is 4.63. The summed E-state index contributed by atoms with van der Waals surface area (Å²) in [5, 5.41) is 0. The van der Waals surface area contributed by atoms with Crippen molar-refractivity contribution in [3.63, 3.8) is 0 Å². The Bertz CT molecular complexity index is 368. The summed E-state index contributed by atoms with van der Waals surface area (Å²) < 4.78 is 6.06. The zero-order valence-electron chi connectivity index (χ0n) is 7.24. The van der Waals surface area contributed by atoms with E-state index in [1.807, 2.05) is 0 Å². The van der Waals surface area contributed by atoms with Gasteiger partial charge in [-0.2, -0.15) is 0 Å². The van der Waals surface area contributed by atoms with Gasteiger partial charge >= 0.3 is 5.97 Å². The summed E-state index contributed by atoms with van der Waals surface area (Å²) in [6.45, 7) is 0. The molecule has 0 aromatic carbocycles. The van der Waals surface area contributed by atoms with Gasteiger partial charge in [0, 0.05) is 5.92 Å². The largest absolute Gasteiger partial charge is 0.429 e. The molecule has 0 radical (unpaired) electrons. The van der Waals surface area contributed by atoms with E-state index >= 15 is 0 Å². The number of hydrogen-bond donors (Lipinski definition) is 0. The van der Waals surface area contributed by atoms with Crippen LogP contribution in [0.4, 0.5) is 0 Å². The highest BCUT2D eigenvalue weighted by molar-refractivity contribution is 9.28. The number of carbonyl (C=O) groups excluding carboxylic acids is 1. The fourth-order valence-corrected chi connectivity index (χ4v) is 3.60. The lowest BCUT2D eigenvalue weighted by Crippen LogP contribution is -2.19. The number of rotatable bonds is 0. The van der Waals surface area contributed by atoms with Gasteiger partial charge in [0.05, 0.1) is 9.31 Å². The molecule has 0 aromatic heterocycles. The van der Waals surface area contributed by atoms with Gasteiger partial charge in [-0.05, 0) is 50.1 Å². The lowest BCUT2D eigenvalue weighted by molar-refractivity contribution is -0.139. The molecule has 1 saturated heterocycles. The van der Waals surface area contributed by atoms with E-state index in [0.29, 0.717) is 11.8 Å². The molecule has 3 rings (SSSR count). The number of carbonyl (C=O) groups is 1. The van der Waals surface area contributed by atoms with E-state index in [1.165, 1.54) is 0 Å². The van der Waals surface area contributed by atoms with Crippen molar-refractivity contribution in [3.05, 3.63) is 21.3 Å². The van der Waals surface area contributed by atoms with Gasteiger partial charge in [0.1, 0.15) is 5.76 Å². The van der Waals surface area contributed by atoms with Crippen LogP contribution in [0.5, 0.6) is 0 Å². The predicted molar refractivity (Wildman–Crippen MR) is 58.7 cm³/mol. The highest BCUT2D eigenvalue weighted by Gasteiger charge is 2.56. The molecular formula is C10H8Br2O2. The van der Waals surface area contributed by atoms with Crippen molar-refractivity contribution < 1.29 is 9.53 Å². The number of allylic oxidation sites excluding steroid dienone is 3. The van der Waals surface area contributed by atoms with Crippen LogP contribution < -0.4 is 0 Å². The van der Waals surface area contributed by atoms with Gasteiger partial charge in [0.15, 0.2) is 0 Å². The van der Waals surface area contributed by atoms with Crippen LogP contribution in [0.25, 0.3) is 0 Å². The van der Waals surface area contributed by atoms with Gasteiger partial charge in [-0.3, -0.25) is 4.79 Å². The van der Waals surface area contributed by atoms with E-state index in [4.69, 9.17) is 4.74 Å². The van der Waals surface area contributed by atoms with E-state index in [1.54, 1.807) is 0 Å². The van der Waals surface area contributed by atoms with Crippen molar-refractivity contribution in [1.82, 2.24) is 0 Å². The zero-order chi connectivity index (χ0) is 9.87. The summed E-state index contributed by atoms with van der Waals surface area (Å²) in [5.41, 5.74) is 0. The van der Waals surface area contributed by atoms with E-state index in [2.05, 4.69) is 44.0 Å². The highest BCUT2D eigenvalue weighted by Crippen LogP contribution is 2.56. The number of halogens is 2. The average Bonchev–Trinajstić information content (AvgIpc) is 2.75. The fourth-order valence-electron chi connectivity index (χ4n) is 2.91. The van der Waals surface area contributed by atoms with Gasteiger partial charge in [0.2, 0.25) is 0 Å². The zero-order valence-corrected chi connectivity index (χ0v) is 10.4. The van der Waals surface area contributed by atoms with Crippen LogP contribution >= 0.6 is 31.9 Å². The molecule has 74 valence electrons. The Hall–Kier alpha value is -0.0900. The summed E-state index contributed by atoms with van der Waals surface area (Å²) >= 11 is 6.66. The second-order valence-corrected chi connectivity index (χ2v) is 6.70. The molecule has 0 unspecified atom stereocenters. The molecule has 1 saturated carbocycles. The predicted octanol–water partition coefficient (Wildman–Crippen LogP) is 2.94. The molecule has 3 aliphatic rings. The monoisotopic (exact) mass is 318 g/mol. The van der Waals surface area contributed by atoms with Crippen LogP contribution in [0.1, 0.15) is 6.42 Å². The maximum atomic E-state index is 11.6. The second kappa shape index (κ2) is 2.95. The molecule has 14 heavy (non-hydrogen) atoms. The molecule has 2 aliphatic carbocycles. The standard InChI is InChI=1S/C10H8Br2O2/c11-9(12)8-6-4-1-2-5(3-4)7(6)10(13)14-8/h1-2,4-7H,3H2/t4-,5+,6-,7-/m1/s1. The minimum atomic E-state index is -0.0572. The molecule has 2 nitrogen and oxygen atoms in total. The van der Waals surface area contributed by atoms with Gasteiger partial charge in [0.25, 0.3) is 0 Å². The van der Waals surface area contributed by atoms with E-state index in [0.717, 1.165) is 15.6 Å². The maximum Gasteiger partial charge on any atom is 0.315 e. The third-order valence-electron chi connectivity index (χ3n) is 3.43. The van der Waals surface area contributed by atoms with E-state index in [-0.39, 0.29) is 17.8 Å². The lowest BCUT2D eigenvalue weighted by Gasteiger charge is -2.15. The average molecular weight is 320 g/mol. The Balaban J connectivity index is 2.08. The first-order valence-corrected chi connectivity index (χ1v) is 6.22. The molecule has 2 fully saturated rings. The van der Waals surface area contributed by atoms with Crippen LogP contribution in [0.2, 0.25) is 0 Å². The van der Waals surface area contributed by atoms with E-state index in [9.17, 15) is 4.79 Å². The molecule has 2 bridgehead atoms. The smallest absolute Gasteiger partial charge is 0.315 e. The molecule has 0 aromatic rings. The number of cyclic esters (lactones) is 1. The van der Waals surface area contributed by atoms with Crippen molar-refractivity contribution >= 4 is 37.8 Å². The molecule has 0 amide bonds. The Kier molecular flexibility index (Phi) is 1.93. The summed E-state index contributed by atoms with van der Waals surface area (Å²) in [6.07, 6.45) is 5.50. The number of esters is 1. The Morgan fingerprint density at radius 1 is 1.29 bits per heavy atom. The van der Waals surface area contributed by atoms with Gasteiger partial charge in [-0.25, -0.2) is 0 Å². The van der Waals surface area contributed by atoms with Gasteiger partial charge < -0.3 is 4.74 Å². The van der Waals surface area contributed by atoms with Crippen LogP contribution in [-0.2, 0) is 9.53 Å². The summed E-state index contributed by atoms with van der Waals surface area (Å²) in [4.78, 5) is 11.6. The summed E-state index contributed by atoms with van der Waals surface area (Å²) in [5.74, 6) is 1.98. The lowest BCUT2D eigenvalue weighted by atomic mass is 9.84. The van der Waals surface area contributed by atoms with Crippen molar-refractivity contribution in [1.29, 1.82) is 0 Å². The third kappa shape index (κ3) is 1.04. The minimum Gasteiger partial charge on any atom is -0.429 e. The summed E-state index contributed by atoms with van der Waals surface area (Å²) in [7, 11) is 0. The molecule has 4 heteroatoms. The Morgan fingerprint density at radius 2 is 1.93 bits per heavy atom. The second-order valence-electron chi connectivity index (χ2n) is 4.05. The molecule has 4 atom stereocenters. The maximum absolute atomic E-state index is 11.6. The minimum absolute atomic E-state index is 0.0572. The molecule has 1 heterocycles. The molecule has 1 aliphatic heterocycles. The Labute approximate surface area is 98.6 Å². The normalized spacial score (nSPS) is 43.0. The SMILES string of the molecule is O=C1OC(=C(Br)Br)[C@H]2[C@H]1[C@H]1C=C[C@@H]2C1. The van der Waals surface area contributed by atoms with Crippen LogP contribution in [-0.4, -0.2) is 5.97 Å². The summed E-state index contributed by atoms with van der Waals surface area (Å²) in [6, 6.07) is 0. The number of hydrogen-bond acceptors (Lipinski definition) is 2. The number of ether oxygens (including phenoxy) is 1. The van der Waals surface area contributed by atoms with Crippen molar-refractivity contribution in [2.45, 2.75) is 6.42 Å². The first kappa shape index (κ1) is 9.16. The van der Waals surface area contributed by atoms with E-state index < -0.39 is 0 Å². The van der Waals surface area contributed by atoms with Crippen LogP contribution in [0.15, 0.2) is 21.3 Å². The molecular weight excluding hydrogens is 312 g/mol. The molecule has 0 N–H and O–H groups in total. The van der Waals surface area contributed by atoms with Crippen molar-refractivity contribution in [2.24, 2.45) is 23.7 Å². The van der Waals surface area contributed by atoms with Gasteiger partial charge in [-0.1, -0.05) is 12.2 Å². The first-order chi connectivity index (χ1) is 6.68. The van der Waals surface area contributed by atoms with Crippen molar-refractivity contribution in [2.75, 3.05) is 0 Å². The Morgan fingerprint density at radius 3 is 2.57 bits per heavy atom. The van der Waals surface area contributed by atoms with Crippen LogP contribution in [0.3, 0.4) is 0 Å². The third-order valence-corrected chi connectivity index (χ3v) is 4.21. The highest BCUT2D eigenvalue weighted by atomic mass is 79.9. The number of fused-ring (bicyclic) bond motifs is 5. The van der Waals surface area contributed by atoms with Crippen LogP contribution in [0, 0.1) is 23.7 Å². The van der Waals surface area contributed by atoms with Gasteiger partial charge in [-0.15, -0.1) is 0 Å². The topological polar surface area (TPSA) is 26.3 Å².